The molecule has 128 valence electrons. The number of halogens is 3. The summed E-state index contributed by atoms with van der Waals surface area (Å²) in [5.41, 5.74) is -0.530. The lowest BCUT2D eigenvalue weighted by atomic mass is 9.96. The first kappa shape index (κ1) is 16.8. The van der Waals surface area contributed by atoms with Crippen molar-refractivity contribution < 1.29 is 23.1 Å². The molecule has 0 aliphatic heterocycles. The number of anilines is 1. The lowest BCUT2D eigenvalue weighted by Gasteiger charge is -2.16. The molecule has 1 aromatic heterocycles. The van der Waals surface area contributed by atoms with Crippen LogP contribution in [0.1, 0.15) is 12.5 Å². The zero-order valence-electron chi connectivity index (χ0n) is 13.1. The van der Waals surface area contributed by atoms with Crippen molar-refractivity contribution in [3.63, 3.8) is 0 Å². The smallest absolute Gasteiger partial charge is 0.417 e. The van der Waals surface area contributed by atoms with E-state index in [2.05, 4.69) is 10.3 Å². The van der Waals surface area contributed by atoms with E-state index >= 15 is 0 Å². The van der Waals surface area contributed by atoms with Crippen LogP contribution in [-0.4, -0.2) is 16.0 Å². The number of phenolic OH excluding ortho intramolecular Hbond substituents is 1. The Kier molecular flexibility index (Phi) is 4.08. The number of para-hydroxylation sites is 1. The van der Waals surface area contributed by atoms with Crippen LogP contribution in [-0.2, 0) is 11.0 Å². The number of nitrogens with zero attached hydrogens (tertiary/aromatic N) is 1. The highest BCUT2D eigenvalue weighted by Crippen LogP contribution is 2.41. The number of carbonyl (C=O) groups excluding carboxylic acids is 1. The van der Waals surface area contributed by atoms with Crippen LogP contribution in [0.2, 0.25) is 0 Å². The molecule has 7 heteroatoms. The Morgan fingerprint density at radius 3 is 2.48 bits per heavy atom. The standard InChI is InChI=1S/C18H13F3N2O2/c1-10(24)22-16-9-13(12-6-4-8-15(25)17(12)23-16)11-5-2-3-7-14(11)18(19,20)21/h2-9,25H,1H3,(H,22,23,24). The van der Waals surface area contributed by atoms with Crippen molar-refractivity contribution in [2.45, 2.75) is 13.1 Å². The van der Waals surface area contributed by atoms with Crippen LogP contribution in [0.3, 0.4) is 0 Å². The summed E-state index contributed by atoms with van der Waals surface area (Å²) in [7, 11) is 0. The number of pyridine rings is 1. The minimum Gasteiger partial charge on any atom is -0.506 e. The number of amides is 1. The fraction of sp³-hybridized carbons (Fsp3) is 0.111. The van der Waals surface area contributed by atoms with E-state index in [0.29, 0.717) is 5.39 Å². The lowest BCUT2D eigenvalue weighted by Crippen LogP contribution is -2.09. The summed E-state index contributed by atoms with van der Waals surface area (Å²) in [5, 5.41) is 12.8. The van der Waals surface area contributed by atoms with Gasteiger partial charge in [0.2, 0.25) is 5.91 Å². The molecule has 0 radical (unpaired) electrons. The van der Waals surface area contributed by atoms with E-state index in [1.54, 1.807) is 6.07 Å². The third-order valence-electron chi connectivity index (χ3n) is 3.64. The van der Waals surface area contributed by atoms with Gasteiger partial charge in [0.15, 0.2) is 0 Å². The molecule has 0 atom stereocenters. The highest BCUT2D eigenvalue weighted by Gasteiger charge is 2.33. The Hall–Kier alpha value is -3.09. The molecule has 2 N–H and O–H groups in total. The van der Waals surface area contributed by atoms with Gasteiger partial charge in [0.1, 0.15) is 17.1 Å². The average molecular weight is 346 g/mol. The molecule has 0 bridgehead atoms. The fourth-order valence-electron chi connectivity index (χ4n) is 2.67. The number of aromatic nitrogens is 1. The molecule has 0 spiro atoms. The maximum absolute atomic E-state index is 13.4. The second kappa shape index (κ2) is 6.08. The van der Waals surface area contributed by atoms with E-state index in [1.165, 1.54) is 43.3 Å². The van der Waals surface area contributed by atoms with Crippen LogP contribution in [0.25, 0.3) is 22.0 Å². The monoisotopic (exact) mass is 346 g/mol. The Labute approximate surface area is 140 Å². The quantitative estimate of drug-likeness (QED) is 0.714. The number of nitrogens with one attached hydrogen (secondary N) is 1. The largest absolute Gasteiger partial charge is 0.506 e. The van der Waals surface area contributed by atoms with E-state index in [1.807, 2.05) is 0 Å². The first-order valence-corrected chi connectivity index (χ1v) is 7.34. The fourth-order valence-corrected chi connectivity index (χ4v) is 2.67. The number of aromatic hydroxyl groups is 1. The molecule has 0 aliphatic carbocycles. The zero-order chi connectivity index (χ0) is 18.2. The molecule has 3 rings (SSSR count). The Balaban J connectivity index is 2.36. The second-order valence-corrected chi connectivity index (χ2v) is 5.45. The van der Waals surface area contributed by atoms with Gasteiger partial charge in [-0.3, -0.25) is 4.79 Å². The minimum absolute atomic E-state index is 0.0559. The van der Waals surface area contributed by atoms with E-state index in [4.69, 9.17) is 0 Å². The van der Waals surface area contributed by atoms with Crippen molar-refractivity contribution in [3.05, 3.63) is 54.1 Å². The first-order chi connectivity index (χ1) is 11.8. The molecule has 0 saturated carbocycles. The molecule has 1 amide bonds. The summed E-state index contributed by atoms with van der Waals surface area (Å²) in [6.45, 7) is 1.26. The molecule has 2 aromatic carbocycles. The normalized spacial score (nSPS) is 11.5. The van der Waals surface area contributed by atoms with Gasteiger partial charge in [0.05, 0.1) is 5.56 Å². The van der Waals surface area contributed by atoms with Gasteiger partial charge in [-0.25, -0.2) is 4.98 Å². The highest BCUT2D eigenvalue weighted by molar-refractivity contribution is 6.01. The van der Waals surface area contributed by atoms with Gasteiger partial charge in [-0.1, -0.05) is 30.3 Å². The van der Waals surface area contributed by atoms with Crippen LogP contribution in [0, 0.1) is 0 Å². The van der Waals surface area contributed by atoms with E-state index in [0.717, 1.165) is 6.07 Å². The van der Waals surface area contributed by atoms with Gasteiger partial charge in [-0.15, -0.1) is 0 Å². The second-order valence-electron chi connectivity index (χ2n) is 5.45. The first-order valence-electron chi connectivity index (χ1n) is 7.34. The van der Waals surface area contributed by atoms with Crippen molar-refractivity contribution in [2.75, 3.05) is 5.32 Å². The zero-order valence-corrected chi connectivity index (χ0v) is 13.1. The molecule has 0 unspecified atom stereocenters. The number of fused-ring (bicyclic) bond motifs is 1. The van der Waals surface area contributed by atoms with Gasteiger partial charge in [0.25, 0.3) is 0 Å². The maximum atomic E-state index is 13.4. The molecule has 3 aromatic rings. The molecule has 1 heterocycles. The van der Waals surface area contributed by atoms with Crippen LogP contribution in [0.15, 0.2) is 48.5 Å². The van der Waals surface area contributed by atoms with Crippen LogP contribution < -0.4 is 5.32 Å². The SMILES string of the molecule is CC(=O)Nc1cc(-c2ccccc2C(F)(F)F)c2cccc(O)c2n1. The topological polar surface area (TPSA) is 62.2 Å². The van der Waals surface area contributed by atoms with Gasteiger partial charge in [-0.05, 0) is 29.3 Å². The minimum atomic E-state index is -4.54. The highest BCUT2D eigenvalue weighted by atomic mass is 19.4. The molecule has 0 fully saturated rings. The lowest BCUT2D eigenvalue weighted by molar-refractivity contribution is -0.137. The number of phenols is 1. The molecule has 4 nitrogen and oxygen atoms in total. The molecule has 25 heavy (non-hydrogen) atoms. The summed E-state index contributed by atoms with van der Waals surface area (Å²) in [4.78, 5) is 15.4. The van der Waals surface area contributed by atoms with Gasteiger partial charge < -0.3 is 10.4 Å². The van der Waals surface area contributed by atoms with Crippen molar-refractivity contribution >= 4 is 22.6 Å². The number of carbonyl (C=O) groups is 1. The molecule has 0 aliphatic rings. The summed E-state index contributed by atoms with van der Waals surface area (Å²) in [6.07, 6.45) is -4.54. The number of hydrogen-bond acceptors (Lipinski definition) is 3. The van der Waals surface area contributed by atoms with Gasteiger partial charge in [0, 0.05) is 12.3 Å². The predicted molar refractivity (Wildman–Crippen MR) is 88.1 cm³/mol. The Morgan fingerprint density at radius 1 is 1.08 bits per heavy atom. The summed E-state index contributed by atoms with van der Waals surface area (Å²) >= 11 is 0. The van der Waals surface area contributed by atoms with Crippen molar-refractivity contribution in [1.29, 1.82) is 0 Å². The van der Waals surface area contributed by atoms with Gasteiger partial charge in [-0.2, -0.15) is 13.2 Å². The molecular formula is C18H13F3N2O2. The van der Waals surface area contributed by atoms with E-state index in [9.17, 15) is 23.1 Å². The van der Waals surface area contributed by atoms with Crippen LogP contribution >= 0.6 is 0 Å². The molecular weight excluding hydrogens is 333 g/mol. The number of hydrogen-bond donors (Lipinski definition) is 2. The van der Waals surface area contributed by atoms with Crippen molar-refractivity contribution in [3.8, 4) is 16.9 Å². The number of rotatable bonds is 2. The summed E-state index contributed by atoms with van der Waals surface area (Å²) < 4.78 is 40.2. The third-order valence-corrected chi connectivity index (χ3v) is 3.64. The van der Waals surface area contributed by atoms with E-state index < -0.39 is 17.6 Å². The van der Waals surface area contributed by atoms with Crippen molar-refractivity contribution in [1.82, 2.24) is 4.98 Å². The van der Waals surface area contributed by atoms with Crippen molar-refractivity contribution in [2.24, 2.45) is 0 Å². The summed E-state index contributed by atoms with van der Waals surface area (Å²) in [6, 6.07) is 11.0. The summed E-state index contributed by atoms with van der Waals surface area (Å²) in [5.74, 6) is -0.541. The Bertz CT molecular complexity index is 968. The predicted octanol–water partition coefficient (Wildman–Crippen LogP) is 4.58. The van der Waals surface area contributed by atoms with E-state index in [-0.39, 0.29) is 28.2 Å². The number of alkyl halides is 3. The average Bonchev–Trinajstić information content (AvgIpc) is 2.54. The van der Waals surface area contributed by atoms with Crippen LogP contribution in [0.4, 0.5) is 19.0 Å². The van der Waals surface area contributed by atoms with Crippen LogP contribution in [0.5, 0.6) is 5.75 Å². The maximum Gasteiger partial charge on any atom is 0.417 e. The third kappa shape index (κ3) is 3.26. The van der Waals surface area contributed by atoms with Gasteiger partial charge >= 0.3 is 6.18 Å². The molecule has 0 saturated heterocycles. The number of benzene rings is 2. The Morgan fingerprint density at radius 2 is 1.80 bits per heavy atom.